The molecule has 1 N–H and O–H groups in total. The van der Waals surface area contributed by atoms with E-state index in [4.69, 9.17) is 11.6 Å². The molecule has 0 heterocycles. The van der Waals surface area contributed by atoms with E-state index in [-0.39, 0.29) is 0 Å². The summed E-state index contributed by atoms with van der Waals surface area (Å²) in [4.78, 5) is 0. The molecule has 1 aromatic rings. The highest BCUT2D eigenvalue weighted by molar-refractivity contribution is 6.18. The molecule has 2 heteroatoms. The molecular weight excluding hydrogens is 194 g/mol. The van der Waals surface area contributed by atoms with Crippen molar-refractivity contribution in [2.45, 2.75) is 26.2 Å². The van der Waals surface area contributed by atoms with Crippen LogP contribution in [0.3, 0.4) is 0 Å². The van der Waals surface area contributed by atoms with Gasteiger partial charge in [-0.2, -0.15) is 0 Å². The Labute approximate surface area is 91.5 Å². The van der Waals surface area contributed by atoms with Crippen LogP contribution >= 0.6 is 11.6 Å². The van der Waals surface area contributed by atoms with Crippen molar-refractivity contribution in [2.75, 3.05) is 17.7 Å². The molecule has 0 unspecified atom stereocenters. The lowest BCUT2D eigenvalue weighted by atomic mass is 10.1. The standard InChI is InChI=1S/C12H18ClN/c1-2-3-10-14-12-7-5-4-6-11(12)8-9-13/h4-7,14H,2-3,8-10H2,1H3. The third-order valence-electron chi connectivity index (χ3n) is 2.23. The van der Waals surface area contributed by atoms with Crippen LogP contribution in [-0.4, -0.2) is 12.4 Å². The second-order valence-electron chi connectivity index (χ2n) is 3.38. The van der Waals surface area contributed by atoms with E-state index in [1.54, 1.807) is 0 Å². The number of halogens is 1. The van der Waals surface area contributed by atoms with Crippen molar-refractivity contribution in [1.29, 1.82) is 0 Å². The molecule has 0 spiro atoms. The molecule has 14 heavy (non-hydrogen) atoms. The summed E-state index contributed by atoms with van der Waals surface area (Å²) < 4.78 is 0. The summed E-state index contributed by atoms with van der Waals surface area (Å²) in [5.41, 5.74) is 2.56. The predicted molar refractivity (Wildman–Crippen MR) is 64.3 cm³/mol. The Morgan fingerprint density at radius 3 is 2.79 bits per heavy atom. The van der Waals surface area contributed by atoms with Gasteiger partial charge < -0.3 is 5.32 Å². The average Bonchev–Trinajstić information content (AvgIpc) is 2.21. The molecule has 0 bridgehead atoms. The second-order valence-corrected chi connectivity index (χ2v) is 3.75. The van der Waals surface area contributed by atoms with Crippen LogP contribution in [0.15, 0.2) is 24.3 Å². The number of anilines is 1. The lowest BCUT2D eigenvalue weighted by molar-refractivity contribution is 0.833. The number of hydrogen-bond donors (Lipinski definition) is 1. The number of benzene rings is 1. The van der Waals surface area contributed by atoms with Crippen LogP contribution < -0.4 is 5.32 Å². The molecule has 0 radical (unpaired) electrons. The smallest absolute Gasteiger partial charge is 0.0373 e. The molecule has 0 aliphatic carbocycles. The molecule has 1 rings (SSSR count). The fraction of sp³-hybridized carbons (Fsp3) is 0.500. The first-order valence-corrected chi connectivity index (χ1v) is 5.79. The first-order valence-electron chi connectivity index (χ1n) is 5.26. The van der Waals surface area contributed by atoms with Crippen molar-refractivity contribution in [3.8, 4) is 0 Å². The number of unbranched alkanes of at least 4 members (excludes halogenated alkanes) is 1. The summed E-state index contributed by atoms with van der Waals surface area (Å²) in [6.07, 6.45) is 3.39. The fourth-order valence-corrected chi connectivity index (χ4v) is 1.62. The van der Waals surface area contributed by atoms with E-state index in [0.29, 0.717) is 5.88 Å². The van der Waals surface area contributed by atoms with E-state index >= 15 is 0 Å². The van der Waals surface area contributed by atoms with E-state index in [2.05, 4.69) is 36.5 Å². The topological polar surface area (TPSA) is 12.0 Å². The molecule has 1 nitrogen and oxygen atoms in total. The normalized spacial score (nSPS) is 10.1. The van der Waals surface area contributed by atoms with E-state index < -0.39 is 0 Å². The number of alkyl halides is 1. The van der Waals surface area contributed by atoms with Gasteiger partial charge in [0, 0.05) is 18.1 Å². The first kappa shape index (κ1) is 11.4. The summed E-state index contributed by atoms with van der Waals surface area (Å²) in [6.45, 7) is 3.25. The molecule has 0 fully saturated rings. The number of para-hydroxylation sites is 1. The predicted octanol–water partition coefficient (Wildman–Crippen LogP) is 3.68. The van der Waals surface area contributed by atoms with Gasteiger partial charge in [-0.25, -0.2) is 0 Å². The Morgan fingerprint density at radius 1 is 1.29 bits per heavy atom. The Balaban J connectivity index is 2.55. The summed E-state index contributed by atoms with van der Waals surface area (Å²) in [7, 11) is 0. The van der Waals surface area contributed by atoms with Gasteiger partial charge in [-0.1, -0.05) is 31.5 Å². The lowest BCUT2D eigenvalue weighted by Crippen LogP contribution is -2.03. The zero-order valence-corrected chi connectivity index (χ0v) is 9.48. The highest BCUT2D eigenvalue weighted by Gasteiger charge is 1.99. The van der Waals surface area contributed by atoms with Gasteiger partial charge in [0.25, 0.3) is 0 Å². The van der Waals surface area contributed by atoms with Crippen LogP contribution in [0.2, 0.25) is 0 Å². The minimum Gasteiger partial charge on any atom is -0.385 e. The zero-order valence-electron chi connectivity index (χ0n) is 8.72. The van der Waals surface area contributed by atoms with Crippen LogP contribution in [-0.2, 0) is 6.42 Å². The Morgan fingerprint density at radius 2 is 2.07 bits per heavy atom. The van der Waals surface area contributed by atoms with Crippen molar-refractivity contribution in [3.63, 3.8) is 0 Å². The van der Waals surface area contributed by atoms with Crippen molar-refractivity contribution >= 4 is 17.3 Å². The number of aryl methyl sites for hydroxylation is 1. The molecule has 0 aromatic heterocycles. The van der Waals surface area contributed by atoms with Crippen LogP contribution in [0.25, 0.3) is 0 Å². The van der Waals surface area contributed by atoms with Crippen molar-refractivity contribution in [2.24, 2.45) is 0 Å². The molecule has 0 amide bonds. The summed E-state index contributed by atoms with van der Waals surface area (Å²) in [5.74, 6) is 0.687. The Bertz CT molecular complexity index is 260. The van der Waals surface area contributed by atoms with E-state index in [1.165, 1.54) is 24.1 Å². The molecule has 0 saturated heterocycles. The van der Waals surface area contributed by atoms with Crippen LogP contribution in [0, 0.1) is 0 Å². The largest absolute Gasteiger partial charge is 0.385 e. The monoisotopic (exact) mass is 211 g/mol. The summed E-state index contributed by atoms with van der Waals surface area (Å²) >= 11 is 5.74. The van der Waals surface area contributed by atoms with Crippen LogP contribution in [0.4, 0.5) is 5.69 Å². The Kier molecular flexibility index (Phi) is 5.46. The Hall–Kier alpha value is -0.690. The van der Waals surface area contributed by atoms with E-state index in [1.807, 2.05) is 0 Å². The van der Waals surface area contributed by atoms with Crippen molar-refractivity contribution in [1.82, 2.24) is 0 Å². The molecular formula is C12H18ClN. The van der Waals surface area contributed by atoms with Gasteiger partial charge in [0.2, 0.25) is 0 Å². The highest BCUT2D eigenvalue weighted by Crippen LogP contribution is 2.15. The van der Waals surface area contributed by atoms with E-state index in [9.17, 15) is 0 Å². The van der Waals surface area contributed by atoms with Gasteiger partial charge in [0.05, 0.1) is 0 Å². The third kappa shape index (κ3) is 3.59. The first-order chi connectivity index (χ1) is 6.88. The number of hydrogen-bond acceptors (Lipinski definition) is 1. The van der Waals surface area contributed by atoms with Gasteiger partial charge in [0.15, 0.2) is 0 Å². The quantitative estimate of drug-likeness (QED) is 0.559. The average molecular weight is 212 g/mol. The zero-order chi connectivity index (χ0) is 10.2. The van der Waals surface area contributed by atoms with Crippen molar-refractivity contribution < 1.29 is 0 Å². The molecule has 0 atom stereocenters. The van der Waals surface area contributed by atoms with Gasteiger partial charge in [0.1, 0.15) is 0 Å². The van der Waals surface area contributed by atoms with Gasteiger partial charge >= 0.3 is 0 Å². The minimum atomic E-state index is 0.687. The number of nitrogens with one attached hydrogen (secondary N) is 1. The van der Waals surface area contributed by atoms with Crippen LogP contribution in [0.1, 0.15) is 25.3 Å². The summed E-state index contributed by atoms with van der Waals surface area (Å²) in [6, 6.07) is 8.38. The van der Waals surface area contributed by atoms with Gasteiger partial charge in [-0.15, -0.1) is 11.6 Å². The summed E-state index contributed by atoms with van der Waals surface area (Å²) in [5, 5.41) is 3.44. The molecule has 0 aliphatic heterocycles. The number of rotatable bonds is 6. The van der Waals surface area contributed by atoms with Gasteiger partial charge in [-0.05, 0) is 24.5 Å². The highest BCUT2D eigenvalue weighted by atomic mass is 35.5. The molecule has 78 valence electrons. The van der Waals surface area contributed by atoms with Crippen LogP contribution in [0.5, 0.6) is 0 Å². The maximum atomic E-state index is 5.74. The lowest BCUT2D eigenvalue weighted by Gasteiger charge is -2.10. The fourth-order valence-electron chi connectivity index (χ4n) is 1.41. The molecule has 0 saturated carbocycles. The SMILES string of the molecule is CCCCNc1ccccc1CCCl. The maximum absolute atomic E-state index is 5.74. The second kappa shape index (κ2) is 6.72. The minimum absolute atomic E-state index is 0.687. The van der Waals surface area contributed by atoms with E-state index in [0.717, 1.165) is 13.0 Å². The molecule has 1 aromatic carbocycles. The van der Waals surface area contributed by atoms with Gasteiger partial charge in [-0.3, -0.25) is 0 Å². The maximum Gasteiger partial charge on any atom is 0.0373 e. The third-order valence-corrected chi connectivity index (χ3v) is 2.42. The van der Waals surface area contributed by atoms with Crippen molar-refractivity contribution in [3.05, 3.63) is 29.8 Å². The molecule has 0 aliphatic rings.